The van der Waals surface area contributed by atoms with Crippen molar-refractivity contribution in [2.75, 3.05) is 13.2 Å². The van der Waals surface area contributed by atoms with Gasteiger partial charge in [0.1, 0.15) is 4.33 Å². The second-order valence-electron chi connectivity index (χ2n) is 5.29. The zero-order valence-corrected chi connectivity index (χ0v) is 17.0. The lowest BCUT2D eigenvalue weighted by Gasteiger charge is -2.03. The molecule has 3 rings (SSSR count). The van der Waals surface area contributed by atoms with Gasteiger partial charge < -0.3 is 18.3 Å². The van der Waals surface area contributed by atoms with Gasteiger partial charge in [-0.25, -0.2) is 9.59 Å². The number of rotatable bonds is 6. The van der Waals surface area contributed by atoms with E-state index in [9.17, 15) is 9.59 Å². The maximum Gasteiger partial charge on any atom is 0.374 e. The van der Waals surface area contributed by atoms with Gasteiger partial charge in [0.2, 0.25) is 11.5 Å². The van der Waals surface area contributed by atoms with Gasteiger partial charge in [0, 0.05) is 11.8 Å². The number of carbonyl (C=O) groups is 2. The highest BCUT2D eigenvalue weighted by atomic mass is 79.9. The van der Waals surface area contributed by atoms with Crippen molar-refractivity contribution in [3.05, 3.63) is 45.1 Å². The molecule has 0 bridgehead atoms. The summed E-state index contributed by atoms with van der Waals surface area (Å²) in [6.07, 6.45) is 0. The summed E-state index contributed by atoms with van der Waals surface area (Å²) in [5.74, 6) is -1.83. The van der Waals surface area contributed by atoms with Crippen molar-refractivity contribution < 1.29 is 27.9 Å². The molecule has 0 aliphatic heterocycles. The molecule has 2 aromatic heterocycles. The summed E-state index contributed by atoms with van der Waals surface area (Å²) in [6.45, 7) is -0.0304. The summed E-state index contributed by atoms with van der Waals surface area (Å²) < 4.78 is 20.2. The fourth-order valence-corrected chi connectivity index (χ4v) is 3.58. The molecule has 10 heteroatoms. The molecule has 0 spiro atoms. The Labute approximate surface area is 169 Å². The molecular formula is C15H10Br2Cl2O6. The van der Waals surface area contributed by atoms with Crippen LogP contribution in [-0.4, -0.2) is 29.5 Å². The van der Waals surface area contributed by atoms with Crippen LogP contribution in [0.25, 0.3) is 0 Å². The average Bonchev–Trinajstić information content (AvgIpc) is 2.97. The highest BCUT2D eigenvalue weighted by molar-refractivity contribution is 9.10. The van der Waals surface area contributed by atoms with Gasteiger partial charge in [-0.1, -0.05) is 0 Å². The van der Waals surface area contributed by atoms with Gasteiger partial charge in [-0.3, -0.25) is 0 Å². The standard InChI is InChI=1S/C15H10Br2Cl2O6/c16-11-3-1-9(24-11)13(20)22-5-7-8(15(7,18)19)6-23-14(21)10-2-4-12(17)25-10/h1-4,7-8H,5-6H2/t7-,8+. The van der Waals surface area contributed by atoms with Gasteiger partial charge in [-0.05, 0) is 56.1 Å². The highest BCUT2D eigenvalue weighted by Gasteiger charge is 2.64. The van der Waals surface area contributed by atoms with Crippen LogP contribution in [0, 0.1) is 11.8 Å². The summed E-state index contributed by atoms with van der Waals surface area (Å²) in [5, 5.41) is 0. The van der Waals surface area contributed by atoms with Crippen LogP contribution >= 0.6 is 55.1 Å². The van der Waals surface area contributed by atoms with E-state index < -0.39 is 16.3 Å². The predicted octanol–water partition coefficient (Wildman–Crippen LogP) is 4.83. The van der Waals surface area contributed by atoms with E-state index in [4.69, 9.17) is 41.5 Å². The van der Waals surface area contributed by atoms with Crippen LogP contribution in [0.3, 0.4) is 0 Å². The second kappa shape index (κ2) is 7.34. The lowest BCUT2D eigenvalue weighted by molar-refractivity contribution is 0.0382. The molecule has 0 unspecified atom stereocenters. The quantitative estimate of drug-likeness (QED) is 0.404. The number of furan rings is 2. The number of alkyl halides is 2. The summed E-state index contributed by atoms with van der Waals surface area (Å²) in [6, 6.07) is 6.12. The molecule has 1 aliphatic carbocycles. The molecule has 1 saturated carbocycles. The first-order valence-electron chi connectivity index (χ1n) is 7.01. The maximum absolute atomic E-state index is 11.8. The summed E-state index contributed by atoms with van der Waals surface area (Å²) in [7, 11) is 0. The van der Waals surface area contributed by atoms with Crippen molar-refractivity contribution in [2.45, 2.75) is 4.33 Å². The molecule has 25 heavy (non-hydrogen) atoms. The Hall–Kier alpha value is -0.960. The molecule has 2 heterocycles. The minimum atomic E-state index is -1.13. The highest BCUT2D eigenvalue weighted by Crippen LogP contribution is 2.59. The molecule has 2 aromatic rings. The number of hydrogen-bond donors (Lipinski definition) is 0. The maximum atomic E-state index is 11.8. The molecule has 0 N–H and O–H groups in total. The van der Waals surface area contributed by atoms with Gasteiger partial charge in [0.05, 0.1) is 13.2 Å². The second-order valence-corrected chi connectivity index (χ2v) is 8.30. The van der Waals surface area contributed by atoms with E-state index in [2.05, 4.69) is 31.9 Å². The summed E-state index contributed by atoms with van der Waals surface area (Å²) in [4.78, 5) is 23.7. The first-order valence-corrected chi connectivity index (χ1v) is 9.36. The Morgan fingerprint density at radius 2 is 1.32 bits per heavy atom. The van der Waals surface area contributed by atoms with Crippen molar-refractivity contribution in [3.8, 4) is 0 Å². The van der Waals surface area contributed by atoms with E-state index in [1.165, 1.54) is 12.1 Å². The van der Waals surface area contributed by atoms with Gasteiger partial charge in [-0.2, -0.15) is 0 Å². The average molecular weight is 517 g/mol. The van der Waals surface area contributed by atoms with Crippen LogP contribution in [0.2, 0.25) is 0 Å². The van der Waals surface area contributed by atoms with Crippen LogP contribution in [0.5, 0.6) is 0 Å². The topological polar surface area (TPSA) is 78.9 Å². The Morgan fingerprint density at radius 3 is 1.64 bits per heavy atom. The Balaban J connectivity index is 1.48. The van der Waals surface area contributed by atoms with Crippen molar-refractivity contribution in [1.29, 1.82) is 0 Å². The van der Waals surface area contributed by atoms with Crippen LogP contribution in [-0.2, 0) is 9.47 Å². The third kappa shape index (κ3) is 4.24. The Morgan fingerprint density at radius 1 is 0.920 bits per heavy atom. The van der Waals surface area contributed by atoms with Crippen LogP contribution in [0.4, 0.5) is 0 Å². The van der Waals surface area contributed by atoms with Crippen molar-refractivity contribution in [3.63, 3.8) is 0 Å². The van der Waals surface area contributed by atoms with Crippen molar-refractivity contribution in [1.82, 2.24) is 0 Å². The monoisotopic (exact) mass is 514 g/mol. The Kier molecular flexibility index (Phi) is 5.53. The molecule has 0 amide bonds. The van der Waals surface area contributed by atoms with Crippen molar-refractivity contribution >= 4 is 67.0 Å². The minimum Gasteiger partial charge on any atom is -0.459 e. The fraction of sp³-hybridized carbons (Fsp3) is 0.333. The number of ether oxygens (including phenoxy) is 2. The zero-order valence-electron chi connectivity index (χ0n) is 12.3. The molecule has 0 saturated heterocycles. The lowest BCUT2D eigenvalue weighted by atomic mass is 10.3. The largest absolute Gasteiger partial charge is 0.459 e. The predicted molar refractivity (Wildman–Crippen MR) is 94.8 cm³/mol. The van der Waals surface area contributed by atoms with Crippen LogP contribution in [0.15, 0.2) is 42.4 Å². The third-order valence-corrected chi connectivity index (χ3v) is 5.68. The van der Waals surface area contributed by atoms with Crippen molar-refractivity contribution in [2.24, 2.45) is 11.8 Å². The zero-order chi connectivity index (χ0) is 18.2. The van der Waals surface area contributed by atoms with Gasteiger partial charge in [0.25, 0.3) is 0 Å². The van der Waals surface area contributed by atoms with Crippen LogP contribution < -0.4 is 0 Å². The van der Waals surface area contributed by atoms with E-state index in [1.54, 1.807) is 12.1 Å². The fourth-order valence-electron chi connectivity index (χ4n) is 2.24. The van der Waals surface area contributed by atoms with Gasteiger partial charge in [-0.15, -0.1) is 23.2 Å². The molecule has 0 aromatic carbocycles. The Bertz CT molecular complexity index is 735. The van der Waals surface area contributed by atoms with Gasteiger partial charge in [0.15, 0.2) is 9.34 Å². The molecule has 6 nitrogen and oxygen atoms in total. The number of hydrogen-bond acceptors (Lipinski definition) is 6. The lowest BCUT2D eigenvalue weighted by Crippen LogP contribution is -2.10. The van der Waals surface area contributed by atoms with E-state index in [0.29, 0.717) is 9.34 Å². The van der Waals surface area contributed by atoms with E-state index in [1.807, 2.05) is 0 Å². The molecule has 1 fully saturated rings. The first kappa shape index (κ1) is 18.8. The van der Waals surface area contributed by atoms with Gasteiger partial charge >= 0.3 is 11.9 Å². The number of carbonyl (C=O) groups excluding carboxylic acids is 2. The third-order valence-electron chi connectivity index (χ3n) is 3.70. The molecule has 134 valence electrons. The van der Waals surface area contributed by atoms with E-state index >= 15 is 0 Å². The van der Waals surface area contributed by atoms with E-state index in [-0.39, 0.29) is 36.6 Å². The molecule has 1 aliphatic rings. The summed E-state index contributed by atoms with van der Waals surface area (Å²) in [5.41, 5.74) is 0. The molecule has 2 atom stereocenters. The smallest absolute Gasteiger partial charge is 0.374 e. The molecular weight excluding hydrogens is 507 g/mol. The number of halogens is 4. The SMILES string of the molecule is O=C(OC[C@@H]1[C@H](COC(=O)c2ccc(Br)o2)C1(Cl)Cl)c1ccc(Br)o1. The van der Waals surface area contributed by atoms with Crippen LogP contribution in [0.1, 0.15) is 21.1 Å². The minimum absolute atomic E-state index is 0.0152. The summed E-state index contributed by atoms with van der Waals surface area (Å²) >= 11 is 18.5. The first-order chi connectivity index (χ1) is 11.8. The normalized spacial score (nSPS) is 21.0. The molecule has 0 radical (unpaired) electrons. The number of esters is 2. The van der Waals surface area contributed by atoms with E-state index in [0.717, 1.165) is 0 Å².